The van der Waals surface area contributed by atoms with Crippen molar-refractivity contribution >= 4 is 11.8 Å². The number of carbonyl (C=O) groups excluding carboxylic acids is 2. The molecule has 39 heavy (non-hydrogen) atoms. The fourth-order valence-electron chi connectivity index (χ4n) is 6.36. The first-order chi connectivity index (χ1) is 18.7. The Morgan fingerprint density at radius 3 is 2.46 bits per heavy atom. The lowest BCUT2D eigenvalue weighted by Gasteiger charge is -2.32. The topological polar surface area (TPSA) is 76.5 Å². The zero-order chi connectivity index (χ0) is 27.6. The SMILES string of the molecule is CC(=O)NC1CCN(C(=O)c2nn(CC[C@H]3CC[C@@H](Oc4ccccc4C(F)(F)F)CC3)c3c2CCC3)CC1. The summed E-state index contributed by atoms with van der Waals surface area (Å²) in [5.41, 5.74) is 2.12. The Kier molecular flexibility index (Phi) is 8.19. The van der Waals surface area contributed by atoms with Gasteiger partial charge in [0.15, 0.2) is 5.69 Å². The number of aryl methyl sites for hydroxylation is 1. The predicted octanol–water partition coefficient (Wildman–Crippen LogP) is 5.16. The van der Waals surface area contributed by atoms with Gasteiger partial charge in [-0.1, -0.05) is 12.1 Å². The Balaban J connectivity index is 1.14. The van der Waals surface area contributed by atoms with Gasteiger partial charge < -0.3 is 15.0 Å². The molecule has 1 aliphatic heterocycles. The molecular weight excluding hydrogens is 509 g/mol. The second kappa shape index (κ2) is 11.6. The van der Waals surface area contributed by atoms with Crippen molar-refractivity contribution < 1.29 is 27.5 Å². The molecule has 2 aliphatic carbocycles. The first-order valence-corrected chi connectivity index (χ1v) is 14.2. The maximum Gasteiger partial charge on any atom is 0.419 e. The van der Waals surface area contributed by atoms with E-state index in [4.69, 9.17) is 9.84 Å². The van der Waals surface area contributed by atoms with Crippen molar-refractivity contribution in [2.24, 2.45) is 5.92 Å². The van der Waals surface area contributed by atoms with E-state index < -0.39 is 11.7 Å². The number of hydrogen-bond donors (Lipinski definition) is 1. The van der Waals surface area contributed by atoms with Crippen LogP contribution in [-0.2, 0) is 30.4 Å². The zero-order valence-corrected chi connectivity index (χ0v) is 22.4. The van der Waals surface area contributed by atoms with Crippen molar-refractivity contribution in [3.05, 3.63) is 46.8 Å². The van der Waals surface area contributed by atoms with E-state index in [9.17, 15) is 22.8 Å². The number of alkyl halides is 3. The number of ether oxygens (including phenoxy) is 1. The second-order valence-electron chi connectivity index (χ2n) is 11.2. The van der Waals surface area contributed by atoms with E-state index in [0.717, 1.165) is 82.4 Å². The molecule has 2 fully saturated rings. The van der Waals surface area contributed by atoms with Gasteiger partial charge in [-0.15, -0.1) is 0 Å². The molecule has 0 bridgehead atoms. The number of aromatic nitrogens is 2. The van der Waals surface area contributed by atoms with Crippen molar-refractivity contribution in [1.29, 1.82) is 0 Å². The Morgan fingerprint density at radius 1 is 1.05 bits per heavy atom. The molecule has 1 aromatic carbocycles. The highest BCUT2D eigenvalue weighted by Gasteiger charge is 2.35. The van der Waals surface area contributed by atoms with Crippen LogP contribution in [0, 0.1) is 5.92 Å². The first kappa shape index (κ1) is 27.5. The minimum Gasteiger partial charge on any atom is -0.490 e. The molecule has 0 spiro atoms. The molecule has 10 heteroatoms. The van der Waals surface area contributed by atoms with Gasteiger partial charge in [0.2, 0.25) is 5.91 Å². The number of amides is 2. The Labute approximate surface area is 227 Å². The minimum absolute atomic E-state index is 0.00929. The van der Waals surface area contributed by atoms with E-state index in [1.807, 2.05) is 9.58 Å². The molecule has 1 saturated heterocycles. The van der Waals surface area contributed by atoms with Crippen LogP contribution in [0.1, 0.15) is 85.6 Å². The molecule has 7 nitrogen and oxygen atoms in total. The van der Waals surface area contributed by atoms with E-state index in [2.05, 4.69) is 5.32 Å². The predicted molar refractivity (Wildman–Crippen MR) is 139 cm³/mol. The van der Waals surface area contributed by atoms with Crippen molar-refractivity contribution in [3.8, 4) is 5.75 Å². The van der Waals surface area contributed by atoms with Crippen LogP contribution in [0.3, 0.4) is 0 Å². The number of nitrogens with one attached hydrogen (secondary N) is 1. The number of rotatable bonds is 7. The molecule has 1 saturated carbocycles. The average molecular weight is 547 g/mol. The van der Waals surface area contributed by atoms with Gasteiger partial charge in [-0.05, 0) is 82.3 Å². The molecule has 212 valence electrons. The fraction of sp³-hybridized carbons (Fsp3) is 0.621. The maximum absolute atomic E-state index is 13.4. The Bertz CT molecular complexity index is 1180. The Hall–Kier alpha value is -3.04. The lowest BCUT2D eigenvalue weighted by molar-refractivity contribution is -0.139. The minimum atomic E-state index is -4.43. The number of likely N-dealkylation sites (tertiary alicyclic amines) is 1. The maximum atomic E-state index is 13.4. The summed E-state index contributed by atoms with van der Waals surface area (Å²) in [6.07, 6.45) is 3.88. The van der Waals surface area contributed by atoms with E-state index >= 15 is 0 Å². The lowest BCUT2D eigenvalue weighted by atomic mass is 9.85. The van der Waals surface area contributed by atoms with Crippen LogP contribution in [-0.4, -0.2) is 51.7 Å². The number of hydrogen-bond acceptors (Lipinski definition) is 4. The summed E-state index contributed by atoms with van der Waals surface area (Å²) in [6.45, 7) is 3.49. The van der Waals surface area contributed by atoms with E-state index in [1.54, 1.807) is 6.07 Å². The van der Waals surface area contributed by atoms with Crippen molar-refractivity contribution in [3.63, 3.8) is 0 Å². The van der Waals surface area contributed by atoms with Crippen LogP contribution in [0.15, 0.2) is 24.3 Å². The third-order valence-electron chi connectivity index (χ3n) is 8.43. The number of para-hydroxylation sites is 1. The van der Waals surface area contributed by atoms with E-state index in [0.29, 0.717) is 24.7 Å². The Morgan fingerprint density at radius 2 is 1.77 bits per heavy atom. The van der Waals surface area contributed by atoms with Crippen LogP contribution >= 0.6 is 0 Å². The van der Waals surface area contributed by atoms with Gasteiger partial charge in [-0.25, -0.2) is 0 Å². The molecule has 2 aromatic rings. The quantitative estimate of drug-likeness (QED) is 0.521. The average Bonchev–Trinajstić information content (AvgIpc) is 3.51. The zero-order valence-electron chi connectivity index (χ0n) is 22.4. The number of halogens is 3. The summed E-state index contributed by atoms with van der Waals surface area (Å²) in [4.78, 5) is 26.6. The summed E-state index contributed by atoms with van der Waals surface area (Å²) in [6, 6.07) is 5.54. The number of carbonyl (C=O) groups is 2. The standard InChI is InChI=1S/C29H37F3N4O3/c1-19(37)33-21-14-16-35(17-15-21)28(38)27-23-5-4-7-25(23)36(34-27)18-13-20-9-11-22(12-10-20)39-26-8-3-2-6-24(26)29(30,31)32/h2-3,6,8,20-22H,4-5,7,9-18H2,1H3,(H,33,37)/t20-,22+. The van der Waals surface area contributed by atoms with Crippen LogP contribution in [0.4, 0.5) is 13.2 Å². The van der Waals surface area contributed by atoms with E-state index in [-0.39, 0.29) is 29.7 Å². The summed E-state index contributed by atoms with van der Waals surface area (Å²) < 4.78 is 47.8. The van der Waals surface area contributed by atoms with Gasteiger partial charge in [0.1, 0.15) is 5.75 Å². The van der Waals surface area contributed by atoms with E-state index in [1.165, 1.54) is 24.8 Å². The van der Waals surface area contributed by atoms with Crippen LogP contribution in [0.2, 0.25) is 0 Å². The third kappa shape index (κ3) is 6.41. The van der Waals surface area contributed by atoms with Crippen molar-refractivity contribution in [2.75, 3.05) is 13.1 Å². The third-order valence-corrected chi connectivity index (χ3v) is 8.43. The number of nitrogens with zero attached hydrogens (tertiary/aromatic N) is 3. The van der Waals surface area contributed by atoms with Gasteiger partial charge in [-0.3, -0.25) is 14.3 Å². The van der Waals surface area contributed by atoms with Crippen molar-refractivity contribution in [1.82, 2.24) is 20.0 Å². The molecule has 5 rings (SSSR count). The van der Waals surface area contributed by atoms with Gasteiger partial charge in [0.05, 0.1) is 11.7 Å². The highest BCUT2D eigenvalue weighted by atomic mass is 19.4. The molecule has 2 amide bonds. The summed E-state index contributed by atoms with van der Waals surface area (Å²) >= 11 is 0. The molecule has 0 atom stereocenters. The van der Waals surface area contributed by atoms with Crippen LogP contribution < -0.4 is 10.1 Å². The molecule has 1 N–H and O–H groups in total. The summed E-state index contributed by atoms with van der Waals surface area (Å²) in [5, 5.41) is 7.73. The normalized spacial score (nSPS) is 22.0. The fourth-order valence-corrected chi connectivity index (χ4v) is 6.36. The largest absolute Gasteiger partial charge is 0.490 e. The monoisotopic (exact) mass is 546 g/mol. The molecule has 0 unspecified atom stereocenters. The summed E-state index contributed by atoms with van der Waals surface area (Å²) in [5.74, 6) is 0.321. The number of benzene rings is 1. The number of fused-ring (bicyclic) bond motifs is 1. The van der Waals surface area contributed by atoms with Gasteiger partial charge in [0.25, 0.3) is 5.91 Å². The highest BCUT2D eigenvalue weighted by Crippen LogP contribution is 2.38. The highest BCUT2D eigenvalue weighted by molar-refractivity contribution is 5.94. The molecule has 1 aromatic heterocycles. The number of piperidine rings is 1. The smallest absolute Gasteiger partial charge is 0.419 e. The lowest BCUT2D eigenvalue weighted by Crippen LogP contribution is -2.46. The van der Waals surface area contributed by atoms with Crippen LogP contribution in [0.25, 0.3) is 0 Å². The summed E-state index contributed by atoms with van der Waals surface area (Å²) in [7, 11) is 0. The molecule has 3 aliphatic rings. The molecular formula is C29H37F3N4O3. The van der Waals surface area contributed by atoms with Gasteiger partial charge >= 0.3 is 6.18 Å². The van der Waals surface area contributed by atoms with Gasteiger partial charge in [-0.2, -0.15) is 18.3 Å². The molecule has 2 heterocycles. The van der Waals surface area contributed by atoms with Crippen molar-refractivity contribution in [2.45, 2.75) is 96.0 Å². The second-order valence-corrected chi connectivity index (χ2v) is 11.2. The van der Waals surface area contributed by atoms with Crippen LogP contribution in [0.5, 0.6) is 5.75 Å². The van der Waals surface area contributed by atoms with Gasteiger partial charge in [0, 0.05) is 43.9 Å². The first-order valence-electron chi connectivity index (χ1n) is 14.2. The molecule has 0 radical (unpaired) electrons.